The third kappa shape index (κ3) is 6.57. The van der Waals surface area contributed by atoms with Crippen LogP contribution >= 0.6 is 0 Å². The minimum absolute atomic E-state index is 0.0857. The molecule has 1 saturated heterocycles. The van der Waals surface area contributed by atoms with Crippen LogP contribution in [0.3, 0.4) is 0 Å². The Kier molecular flexibility index (Phi) is 8.49. The molecule has 1 fully saturated rings. The Labute approximate surface area is 185 Å². The lowest BCUT2D eigenvalue weighted by atomic mass is 9.73. The molecule has 0 radical (unpaired) electrons. The fourth-order valence-electron chi connectivity index (χ4n) is 4.63. The third-order valence-corrected chi connectivity index (χ3v) is 6.39. The van der Waals surface area contributed by atoms with Crippen molar-refractivity contribution in [1.82, 2.24) is 4.90 Å². The molecule has 0 aromatic heterocycles. The fraction of sp³-hybridized carbons (Fsp3) is 0.462. The van der Waals surface area contributed by atoms with Crippen LogP contribution in [0.1, 0.15) is 30.4 Å². The van der Waals surface area contributed by atoms with Crippen molar-refractivity contribution < 1.29 is 14.3 Å². The van der Waals surface area contributed by atoms with Gasteiger partial charge in [0.05, 0.1) is 26.2 Å². The van der Waals surface area contributed by atoms with Crippen LogP contribution in [0, 0.1) is 29.1 Å². The highest BCUT2D eigenvalue weighted by Crippen LogP contribution is 2.35. The van der Waals surface area contributed by atoms with Crippen molar-refractivity contribution in [3.63, 3.8) is 0 Å². The van der Waals surface area contributed by atoms with Crippen LogP contribution < -0.4 is 4.74 Å². The van der Waals surface area contributed by atoms with Gasteiger partial charge in [0, 0.05) is 19.5 Å². The highest BCUT2D eigenvalue weighted by Gasteiger charge is 2.35. The van der Waals surface area contributed by atoms with Crippen molar-refractivity contribution in [3.05, 3.63) is 65.7 Å². The number of hydrogen-bond donors (Lipinski definition) is 0. The van der Waals surface area contributed by atoms with Crippen LogP contribution in [0.25, 0.3) is 0 Å². The molecule has 2 aromatic rings. The molecule has 31 heavy (non-hydrogen) atoms. The molecule has 164 valence electrons. The van der Waals surface area contributed by atoms with Crippen molar-refractivity contribution in [2.24, 2.45) is 17.8 Å². The van der Waals surface area contributed by atoms with Gasteiger partial charge in [-0.1, -0.05) is 42.5 Å². The summed E-state index contributed by atoms with van der Waals surface area (Å²) in [6.07, 6.45) is 3.10. The van der Waals surface area contributed by atoms with E-state index in [4.69, 9.17) is 9.47 Å². The SMILES string of the molecule is COC(=O)C[C@@H](CCc1ccccc1)[C@H]1CCN(Cc2ccc(OC)cc2)C[C@@H]1C#N. The Morgan fingerprint density at radius 1 is 1.13 bits per heavy atom. The van der Waals surface area contributed by atoms with Crippen LogP contribution in [0.5, 0.6) is 5.75 Å². The third-order valence-electron chi connectivity index (χ3n) is 6.39. The number of carbonyl (C=O) groups is 1. The van der Waals surface area contributed by atoms with E-state index in [-0.39, 0.29) is 23.7 Å². The number of rotatable bonds is 9. The minimum atomic E-state index is -0.185. The number of piperidine rings is 1. The van der Waals surface area contributed by atoms with E-state index in [1.807, 2.05) is 30.3 Å². The average Bonchev–Trinajstić information content (AvgIpc) is 2.82. The number of likely N-dealkylation sites (tertiary alicyclic amines) is 1. The monoisotopic (exact) mass is 420 g/mol. The maximum atomic E-state index is 12.1. The zero-order chi connectivity index (χ0) is 22.1. The van der Waals surface area contributed by atoms with E-state index in [1.165, 1.54) is 18.2 Å². The molecule has 2 aromatic carbocycles. The number of methoxy groups -OCH3 is 2. The molecule has 3 atom stereocenters. The first kappa shape index (κ1) is 22.8. The van der Waals surface area contributed by atoms with Gasteiger partial charge >= 0.3 is 5.97 Å². The van der Waals surface area contributed by atoms with Gasteiger partial charge in [0.2, 0.25) is 0 Å². The molecular weight excluding hydrogens is 388 g/mol. The van der Waals surface area contributed by atoms with E-state index in [9.17, 15) is 10.1 Å². The summed E-state index contributed by atoms with van der Waals surface area (Å²) in [6.45, 7) is 2.48. The summed E-state index contributed by atoms with van der Waals surface area (Å²) in [5, 5.41) is 9.93. The second-order valence-electron chi connectivity index (χ2n) is 8.34. The molecule has 0 unspecified atom stereocenters. The van der Waals surface area contributed by atoms with Crippen LogP contribution in [-0.4, -0.2) is 38.2 Å². The van der Waals surface area contributed by atoms with Gasteiger partial charge in [0.25, 0.3) is 0 Å². The highest BCUT2D eigenvalue weighted by atomic mass is 16.5. The van der Waals surface area contributed by atoms with Gasteiger partial charge in [0.15, 0.2) is 0 Å². The summed E-state index contributed by atoms with van der Waals surface area (Å²) < 4.78 is 10.2. The molecule has 1 aliphatic rings. The van der Waals surface area contributed by atoms with Crippen molar-refractivity contribution >= 4 is 5.97 Å². The predicted molar refractivity (Wildman–Crippen MR) is 120 cm³/mol. The number of esters is 1. The van der Waals surface area contributed by atoms with E-state index in [0.717, 1.165) is 44.6 Å². The highest BCUT2D eigenvalue weighted by molar-refractivity contribution is 5.69. The number of carbonyl (C=O) groups excluding carboxylic acids is 1. The Balaban J connectivity index is 1.64. The topological polar surface area (TPSA) is 62.6 Å². The fourth-order valence-corrected chi connectivity index (χ4v) is 4.63. The number of hydrogen-bond acceptors (Lipinski definition) is 5. The van der Waals surface area contributed by atoms with Gasteiger partial charge in [-0.15, -0.1) is 0 Å². The number of benzene rings is 2. The van der Waals surface area contributed by atoms with Gasteiger partial charge in [-0.25, -0.2) is 0 Å². The van der Waals surface area contributed by atoms with Crippen molar-refractivity contribution in [2.75, 3.05) is 27.3 Å². The summed E-state index contributed by atoms with van der Waals surface area (Å²) in [5.74, 6) is 0.939. The average molecular weight is 421 g/mol. The zero-order valence-electron chi connectivity index (χ0n) is 18.5. The van der Waals surface area contributed by atoms with E-state index in [2.05, 4.69) is 35.2 Å². The van der Waals surface area contributed by atoms with Crippen LogP contribution in [0.15, 0.2) is 54.6 Å². The zero-order valence-corrected chi connectivity index (χ0v) is 18.5. The number of nitriles is 1. The minimum Gasteiger partial charge on any atom is -0.497 e. The first-order valence-corrected chi connectivity index (χ1v) is 11.0. The molecule has 0 N–H and O–H groups in total. The smallest absolute Gasteiger partial charge is 0.305 e. The molecule has 5 nitrogen and oxygen atoms in total. The molecule has 0 aliphatic carbocycles. The quantitative estimate of drug-likeness (QED) is 0.560. The van der Waals surface area contributed by atoms with Crippen molar-refractivity contribution in [3.8, 4) is 11.8 Å². The molecule has 1 aliphatic heterocycles. The summed E-state index contributed by atoms with van der Waals surface area (Å²) in [4.78, 5) is 14.4. The van der Waals surface area contributed by atoms with Crippen LogP contribution in [0.2, 0.25) is 0 Å². The predicted octanol–water partition coefficient (Wildman–Crippen LogP) is 4.47. The van der Waals surface area contributed by atoms with Gasteiger partial charge < -0.3 is 9.47 Å². The largest absolute Gasteiger partial charge is 0.497 e. The van der Waals surface area contributed by atoms with Crippen LogP contribution in [0.4, 0.5) is 0 Å². The molecule has 1 heterocycles. The number of aryl methyl sites for hydroxylation is 1. The first-order chi connectivity index (χ1) is 15.1. The standard InChI is InChI=1S/C26H32N2O3/c1-30-24-12-9-21(10-13-24)18-28-15-14-25(23(17-27)19-28)22(16-26(29)31-2)11-8-20-6-4-3-5-7-20/h3-7,9-10,12-13,22-23,25H,8,11,14-16,18-19H2,1-2H3/t22-,23+,25-/m1/s1. The van der Waals surface area contributed by atoms with Gasteiger partial charge in [0.1, 0.15) is 5.75 Å². The van der Waals surface area contributed by atoms with Gasteiger partial charge in [-0.2, -0.15) is 5.26 Å². The van der Waals surface area contributed by atoms with E-state index < -0.39 is 0 Å². The number of nitrogens with zero attached hydrogens (tertiary/aromatic N) is 2. The summed E-state index contributed by atoms with van der Waals surface area (Å²) >= 11 is 0. The van der Waals surface area contributed by atoms with Gasteiger partial charge in [-0.05, 0) is 60.9 Å². The molecular formula is C26H32N2O3. The summed E-state index contributed by atoms with van der Waals surface area (Å²) in [6, 6.07) is 21.0. The second kappa shape index (κ2) is 11.5. The summed E-state index contributed by atoms with van der Waals surface area (Å²) in [5.41, 5.74) is 2.48. The van der Waals surface area contributed by atoms with Crippen LogP contribution in [-0.2, 0) is 22.5 Å². The van der Waals surface area contributed by atoms with Gasteiger partial charge in [-0.3, -0.25) is 9.69 Å². The van der Waals surface area contributed by atoms with E-state index >= 15 is 0 Å². The molecule has 0 saturated carbocycles. The Morgan fingerprint density at radius 2 is 1.87 bits per heavy atom. The molecule has 0 amide bonds. The molecule has 0 bridgehead atoms. The number of ether oxygens (including phenoxy) is 2. The maximum Gasteiger partial charge on any atom is 0.305 e. The maximum absolute atomic E-state index is 12.1. The Hall–Kier alpha value is -2.84. The lowest BCUT2D eigenvalue weighted by Crippen LogP contribution is -2.42. The molecule has 0 spiro atoms. The lowest BCUT2D eigenvalue weighted by Gasteiger charge is -2.39. The van der Waals surface area contributed by atoms with E-state index in [1.54, 1.807) is 7.11 Å². The lowest BCUT2D eigenvalue weighted by molar-refractivity contribution is -0.142. The first-order valence-electron chi connectivity index (χ1n) is 11.0. The summed E-state index contributed by atoms with van der Waals surface area (Å²) in [7, 11) is 3.11. The molecule has 3 rings (SSSR count). The van der Waals surface area contributed by atoms with Crippen molar-refractivity contribution in [1.29, 1.82) is 5.26 Å². The Morgan fingerprint density at radius 3 is 2.52 bits per heavy atom. The van der Waals surface area contributed by atoms with E-state index in [0.29, 0.717) is 6.42 Å². The van der Waals surface area contributed by atoms with Crippen molar-refractivity contribution in [2.45, 2.75) is 32.2 Å². The molecule has 5 heteroatoms. The Bertz CT molecular complexity index is 860. The second-order valence-corrected chi connectivity index (χ2v) is 8.34. The normalized spacial score (nSPS) is 19.9.